The van der Waals surface area contributed by atoms with Gasteiger partial charge in [0.05, 0.1) is 0 Å². The van der Waals surface area contributed by atoms with E-state index in [0.29, 0.717) is 5.41 Å². The molecule has 2 N–H and O–H groups in total. The van der Waals surface area contributed by atoms with E-state index in [1.54, 1.807) is 0 Å². The molecule has 1 aliphatic heterocycles. The molecular formula is C13H21N3O. The van der Waals surface area contributed by atoms with E-state index in [1.807, 2.05) is 25.4 Å². The first-order valence-electron chi connectivity index (χ1n) is 6.17. The Balaban J connectivity index is 1.92. The molecule has 1 aliphatic rings. The Morgan fingerprint density at radius 2 is 2.18 bits per heavy atom. The minimum absolute atomic E-state index is 0.349. The van der Waals surface area contributed by atoms with Crippen LogP contribution in [-0.4, -0.2) is 31.8 Å². The van der Waals surface area contributed by atoms with Crippen LogP contribution in [0.5, 0.6) is 0 Å². The maximum atomic E-state index is 5.41. The monoisotopic (exact) mass is 235 g/mol. The van der Waals surface area contributed by atoms with Crippen LogP contribution in [0.25, 0.3) is 0 Å². The third kappa shape index (κ3) is 3.33. The molecular weight excluding hydrogens is 214 g/mol. The first kappa shape index (κ1) is 12.2. The van der Waals surface area contributed by atoms with E-state index in [4.69, 9.17) is 4.74 Å². The highest BCUT2D eigenvalue weighted by molar-refractivity contribution is 5.51. The van der Waals surface area contributed by atoms with E-state index in [-0.39, 0.29) is 0 Å². The fourth-order valence-corrected chi connectivity index (χ4v) is 2.03. The van der Waals surface area contributed by atoms with Gasteiger partial charge in [-0.3, -0.25) is 0 Å². The van der Waals surface area contributed by atoms with E-state index in [9.17, 15) is 0 Å². The van der Waals surface area contributed by atoms with Crippen molar-refractivity contribution in [3.63, 3.8) is 0 Å². The Bertz CT molecular complexity index is 361. The summed E-state index contributed by atoms with van der Waals surface area (Å²) in [6.45, 7) is 5.08. The average Bonchev–Trinajstić information content (AvgIpc) is 2.38. The molecule has 1 aromatic heterocycles. The number of nitrogens with zero attached hydrogens (tertiary/aromatic N) is 1. The molecule has 0 unspecified atom stereocenters. The van der Waals surface area contributed by atoms with Gasteiger partial charge >= 0.3 is 0 Å². The number of aromatic nitrogens is 1. The summed E-state index contributed by atoms with van der Waals surface area (Å²) in [6.07, 6.45) is 4.08. The van der Waals surface area contributed by atoms with Crippen molar-refractivity contribution in [3.05, 3.63) is 18.3 Å². The Morgan fingerprint density at radius 3 is 2.88 bits per heavy atom. The van der Waals surface area contributed by atoms with Gasteiger partial charge < -0.3 is 15.4 Å². The summed E-state index contributed by atoms with van der Waals surface area (Å²) in [7, 11) is 1.88. The van der Waals surface area contributed by atoms with Gasteiger partial charge in [-0.1, -0.05) is 6.92 Å². The van der Waals surface area contributed by atoms with Crippen LogP contribution < -0.4 is 10.6 Å². The molecule has 94 valence electrons. The molecule has 2 heterocycles. The predicted molar refractivity (Wildman–Crippen MR) is 70.4 cm³/mol. The zero-order valence-electron chi connectivity index (χ0n) is 10.6. The Kier molecular flexibility index (Phi) is 3.84. The van der Waals surface area contributed by atoms with Gasteiger partial charge in [-0.25, -0.2) is 4.98 Å². The van der Waals surface area contributed by atoms with Gasteiger partial charge in [0.1, 0.15) is 5.82 Å². The maximum absolute atomic E-state index is 5.41. The molecule has 1 aromatic rings. The van der Waals surface area contributed by atoms with E-state index < -0.39 is 0 Å². The van der Waals surface area contributed by atoms with Gasteiger partial charge in [0.15, 0.2) is 0 Å². The summed E-state index contributed by atoms with van der Waals surface area (Å²) in [4.78, 5) is 4.20. The number of ether oxygens (including phenoxy) is 1. The predicted octanol–water partition coefficient (Wildman–Crippen LogP) is 2.35. The Morgan fingerprint density at radius 1 is 1.41 bits per heavy atom. The van der Waals surface area contributed by atoms with Crippen LogP contribution in [0.1, 0.15) is 19.8 Å². The summed E-state index contributed by atoms with van der Waals surface area (Å²) in [6, 6.07) is 4.03. The zero-order valence-corrected chi connectivity index (χ0v) is 10.6. The Labute approximate surface area is 103 Å². The summed E-state index contributed by atoms with van der Waals surface area (Å²) in [5.41, 5.74) is 1.47. The molecule has 1 saturated heterocycles. The molecule has 17 heavy (non-hydrogen) atoms. The number of rotatable bonds is 4. The lowest BCUT2D eigenvalue weighted by Crippen LogP contribution is -2.33. The van der Waals surface area contributed by atoms with E-state index >= 15 is 0 Å². The lowest BCUT2D eigenvalue weighted by molar-refractivity contribution is 0.0300. The average molecular weight is 235 g/mol. The van der Waals surface area contributed by atoms with E-state index in [1.165, 1.54) is 0 Å². The van der Waals surface area contributed by atoms with Crippen molar-refractivity contribution < 1.29 is 4.74 Å². The normalized spacial score (nSPS) is 18.7. The maximum Gasteiger partial charge on any atom is 0.127 e. The second-order valence-electron chi connectivity index (χ2n) is 4.96. The molecule has 0 radical (unpaired) electrons. The number of hydrogen-bond acceptors (Lipinski definition) is 4. The summed E-state index contributed by atoms with van der Waals surface area (Å²) >= 11 is 0. The van der Waals surface area contributed by atoms with Crippen molar-refractivity contribution in [2.45, 2.75) is 19.8 Å². The highest BCUT2D eigenvalue weighted by Gasteiger charge is 2.26. The highest BCUT2D eigenvalue weighted by atomic mass is 16.5. The van der Waals surface area contributed by atoms with Gasteiger partial charge in [-0.05, 0) is 24.3 Å². The standard InChI is InChI=1S/C13H21N3O/c1-13(4-7-17-8-5-13)10-16-11-3-6-15-12(9-11)14-2/h3,6,9H,4-5,7-8,10H2,1-2H3,(H2,14,15,16). The molecule has 0 saturated carbocycles. The number of hydrogen-bond donors (Lipinski definition) is 2. The van der Waals surface area contributed by atoms with E-state index in [2.05, 4.69) is 22.5 Å². The van der Waals surface area contributed by atoms with Crippen molar-refractivity contribution in [1.29, 1.82) is 0 Å². The molecule has 0 amide bonds. The van der Waals surface area contributed by atoms with E-state index in [0.717, 1.165) is 44.1 Å². The van der Waals surface area contributed by atoms with Crippen LogP contribution in [0.15, 0.2) is 18.3 Å². The quantitative estimate of drug-likeness (QED) is 0.841. The number of nitrogens with one attached hydrogen (secondary N) is 2. The van der Waals surface area contributed by atoms with Gasteiger partial charge in [0.2, 0.25) is 0 Å². The fourth-order valence-electron chi connectivity index (χ4n) is 2.03. The minimum Gasteiger partial charge on any atom is -0.384 e. The lowest BCUT2D eigenvalue weighted by Gasteiger charge is -2.33. The summed E-state index contributed by atoms with van der Waals surface area (Å²) < 4.78 is 5.41. The second-order valence-corrected chi connectivity index (χ2v) is 4.96. The lowest BCUT2D eigenvalue weighted by atomic mass is 9.82. The molecule has 0 aliphatic carbocycles. The fraction of sp³-hybridized carbons (Fsp3) is 0.615. The first-order valence-corrected chi connectivity index (χ1v) is 6.17. The van der Waals surface area contributed by atoms with Crippen LogP contribution in [-0.2, 0) is 4.74 Å². The van der Waals surface area contributed by atoms with Gasteiger partial charge in [-0.2, -0.15) is 0 Å². The van der Waals surface area contributed by atoms with Gasteiger partial charge in [-0.15, -0.1) is 0 Å². The molecule has 0 aromatic carbocycles. The Hall–Kier alpha value is -1.29. The molecule has 4 nitrogen and oxygen atoms in total. The molecule has 0 atom stereocenters. The van der Waals surface area contributed by atoms with Crippen LogP contribution in [0.4, 0.5) is 11.5 Å². The van der Waals surface area contributed by atoms with Crippen LogP contribution in [0.2, 0.25) is 0 Å². The smallest absolute Gasteiger partial charge is 0.127 e. The van der Waals surface area contributed by atoms with Crippen molar-refractivity contribution in [1.82, 2.24) is 4.98 Å². The molecule has 2 rings (SSSR count). The number of anilines is 2. The SMILES string of the molecule is CNc1cc(NCC2(C)CCOCC2)ccn1. The molecule has 4 heteroatoms. The number of pyridine rings is 1. The zero-order chi connectivity index (χ0) is 12.1. The van der Waals surface area contributed by atoms with Crippen molar-refractivity contribution in [2.24, 2.45) is 5.41 Å². The van der Waals surface area contributed by atoms with Crippen molar-refractivity contribution in [2.75, 3.05) is 37.4 Å². The summed E-state index contributed by atoms with van der Waals surface area (Å²) in [5.74, 6) is 0.895. The molecule has 0 spiro atoms. The van der Waals surface area contributed by atoms with Crippen LogP contribution in [0.3, 0.4) is 0 Å². The second kappa shape index (κ2) is 5.36. The van der Waals surface area contributed by atoms with Crippen molar-refractivity contribution >= 4 is 11.5 Å². The highest BCUT2D eigenvalue weighted by Crippen LogP contribution is 2.30. The minimum atomic E-state index is 0.349. The van der Waals surface area contributed by atoms with Gasteiger partial charge in [0, 0.05) is 44.8 Å². The first-order chi connectivity index (χ1) is 8.22. The third-order valence-corrected chi connectivity index (χ3v) is 3.44. The van der Waals surface area contributed by atoms with Crippen LogP contribution in [0, 0.1) is 5.41 Å². The van der Waals surface area contributed by atoms with Gasteiger partial charge in [0.25, 0.3) is 0 Å². The largest absolute Gasteiger partial charge is 0.384 e. The molecule has 0 bridgehead atoms. The topological polar surface area (TPSA) is 46.2 Å². The third-order valence-electron chi connectivity index (χ3n) is 3.44. The van der Waals surface area contributed by atoms with Crippen molar-refractivity contribution in [3.8, 4) is 0 Å². The van der Waals surface area contributed by atoms with Crippen LogP contribution >= 0.6 is 0 Å². The molecule has 1 fully saturated rings. The summed E-state index contributed by atoms with van der Waals surface area (Å²) in [5, 5.41) is 6.54.